The minimum absolute atomic E-state index is 0.125. The fraction of sp³-hybridized carbons (Fsp3) is 0.500. The number of hydrogen-bond acceptors (Lipinski definition) is 6. The van der Waals surface area contributed by atoms with E-state index in [9.17, 15) is 9.59 Å². The van der Waals surface area contributed by atoms with Gasteiger partial charge in [-0.1, -0.05) is 0 Å². The first kappa shape index (κ1) is 14.0. The molecule has 1 aromatic heterocycles. The second kappa shape index (κ2) is 5.32. The van der Waals surface area contributed by atoms with E-state index in [0.29, 0.717) is 12.1 Å². The average Bonchev–Trinajstić information content (AvgIpc) is 2.74. The van der Waals surface area contributed by atoms with E-state index < -0.39 is 23.9 Å². The molecule has 2 amide bonds. The topological polar surface area (TPSA) is 102 Å². The highest BCUT2D eigenvalue weighted by Crippen LogP contribution is 2.19. The molecule has 1 unspecified atom stereocenters. The van der Waals surface area contributed by atoms with Gasteiger partial charge in [-0.3, -0.25) is 5.32 Å². The Hall–Kier alpha value is -2.38. The van der Waals surface area contributed by atoms with E-state index >= 15 is 0 Å². The van der Waals surface area contributed by atoms with Crippen LogP contribution >= 0.6 is 0 Å². The summed E-state index contributed by atoms with van der Waals surface area (Å²) in [5.74, 6) is 0.125. The molecule has 2 rings (SSSR count). The van der Waals surface area contributed by atoms with Crippen LogP contribution in [0.4, 0.5) is 15.5 Å². The molecule has 1 aromatic rings. The lowest BCUT2D eigenvalue weighted by Gasteiger charge is -2.19. The van der Waals surface area contributed by atoms with Gasteiger partial charge in [-0.2, -0.15) is 0 Å². The van der Waals surface area contributed by atoms with E-state index in [2.05, 4.69) is 20.6 Å². The number of carbonyl (C=O) groups is 2. The van der Waals surface area contributed by atoms with Gasteiger partial charge >= 0.3 is 12.2 Å². The molecule has 1 aliphatic heterocycles. The highest BCUT2D eigenvalue weighted by Gasteiger charge is 2.25. The molecule has 8 heteroatoms. The van der Waals surface area contributed by atoms with Crippen molar-refractivity contribution in [2.24, 2.45) is 0 Å². The van der Waals surface area contributed by atoms with Crippen LogP contribution in [0.2, 0.25) is 0 Å². The summed E-state index contributed by atoms with van der Waals surface area (Å²) in [5.41, 5.74) is 0.0615. The molecule has 0 aliphatic carbocycles. The molecule has 0 spiro atoms. The Morgan fingerprint density at radius 1 is 1.45 bits per heavy atom. The number of hydrogen-bond donors (Lipinski definition) is 2. The fourth-order valence-corrected chi connectivity index (χ4v) is 1.54. The summed E-state index contributed by atoms with van der Waals surface area (Å²) in [4.78, 5) is 30.4. The van der Waals surface area contributed by atoms with Gasteiger partial charge in [0.15, 0.2) is 0 Å². The maximum absolute atomic E-state index is 11.5. The molecule has 108 valence electrons. The zero-order valence-electron chi connectivity index (χ0n) is 11.5. The number of cyclic esters (lactones) is 1. The molecule has 0 radical (unpaired) electrons. The second-order valence-corrected chi connectivity index (χ2v) is 5.24. The normalized spacial score (nSPS) is 18.1. The molecular weight excluding hydrogens is 264 g/mol. The summed E-state index contributed by atoms with van der Waals surface area (Å²) >= 11 is 0. The van der Waals surface area contributed by atoms with Gasteiger partial charge in [0, 0.05) is 18.0 Å². The number of ether oxygens (including phenoxy) is 2. The van der Waals surface area contributed by atoms with E-state index in [1.54, 1.807) is 20.8 Å². The maximum Gasteiger partial charge on any atom is 0.414 e. The fourth-order valence-electron chi connectivity index (χ4n) is 1.54. The summed E-state index contributed by atoms with van der Waals surface area (Å²) in [6.07, 6.45) is 1.48. The van der Waals surface area contributed by atoms with Crippen molar-refractivity contribution in [3.8, 4) is 0 Å². The van der Waals surface area contributed by atoms with E-state index in [1.807, 2.05) is 0 Å². The highest BCUT2D eigenvalue weighted by atomic mass is 16.6. The zero-order chi connectivity index (χ0) is 14.8. The summed E-state index contributed by atoms with van der Waals surface area (Å²) in [7, 11) is 0. The molecule has 0 aromatic carbocycles. The molecule has 2 N–H and O–H groups in total. The van der Waals surface area contributed by atoms with Crippen LogP contribution in [0.3, 0.4) is 0 Å². The van der Waals surface area contributed by atoms with Crippen molar-refractivity contribution in [2.75, 3.05) is 11.9 Å². The van der Waals surface area contributed by atoms with Crippen LogP contribution in [0.25, 0.3) is 0 Å². The lowest BCUT2D eigenvalue weighted by Crippen LogP contribution is -2.27. The van der Waals surface area contributed by atoms with Gasteiger partial charge in [0.05, 0.1) is 6.54 Å². The van der Waals surface area contributed by atoms with Crippen LogP contribution in [0.1, 0.15) is 32.4 Å². The third kappa shape index (κ3) is 3.81. The quantitative estimate of drug-likeness (QED) is 0.853. The Bertz CT molecular complexity index is 509. The number of alkyl carbamates (subject to hydrolysis) is 1. The third-order valence-corrected chi connectivity index (χ3v) is 2.34. The molecule has 0 bridgehead atoms. The van der Waals surface area contributed by atoms with Crippen molar-refractivity contribution in [1.82, 2.24) is 15.3 Å². The molecule has 8 nitrogen and oxygen atoms in total. The lowest BCUT2D eigenvalue weighted by molar-refractivity contribution is 0.0634. The number of aromatic nitrogens is 2. The molecule has 20 heavy (non-hydrogen) atoms. The van der Waals surface area contributed by atoms with E-state index in [4.69, 9.17) is 9.47 Å². The van der Waals surface area contributed by atoms with Crippen LogP contribution in [0.15, 0.2) is 12.4 Å². The van der Waals surface area contributed by atoms with E-state index in [0.717, 1.165) is 0 Å². The van der Waals surface area contributed by atoms with Gasteiger partial charge in [-0.15, -0.1) is 0 Å². The first-order valence-electron chi connectivity index (χ1n) is 6.10. The van der Waals surface area contributed by atoms with Crippen molar-refractivity contribution in [3.05, 3.63) is 18.0 Å². The van der Waals surface area contributed by atoms with Gasteiger partial charge in [-0.25, -0.2) is 19.6 Å². The summed E-state index contributed by atoms with van der Waals surface area (Å²) < 4.78 is 10.1. The predicted molar refractivity (Wildman–Crippen MR) is 69.1 cm³/mol. The molecule has 1 saturated heterocycles. The molecule has 0 saturated carbocycles. The Balaban J connectivity index is 1.95. The lowest BCUT2D eigenvalue weighted by atomic mass is 10.2. The number of amides is 2. The van der Waals surface area contributed by atoms with Crippen LogP contribution in [0.5, 0.6) is 0 Å². The summed E-state index contributed by atoms with van der Waals surface area (Å²) in [5, 5.41) is 4.95. The van der Waals surface area contributed by atoms with Crippen molar-refractivity contribution >= 4 is 18.1 Å². The first-order valence-corrected chi connectivity index (χ1v) is 6.10. The van der Waals surface area contributed by atoms with Gasteiger partial charge in [0.25, 0.3) is 0 Å². The van der Waals surface area contributed by atoms with Crippen molar-refractivity contribution in [2.45, 2.75) is 32.5 Å². The smallest absolute Gasteiger partial charge is 0.414 e. The minimum Gasteiger partial charge on any atom is -0.444 e. The second-order valence-electron chi connectivity index (χ2n) is 5.24. The standard InChI is InChI=1S/C12H16N4O4/c1-12(2,3)20-11(18)16-9-13-4-7(5-14-9)8-6-15-10(17)19-8/h4-5,8H,6H2,1-3H3,(H,15,17)(H,13,14,16,18). The van der Waals surface area contributed by atoms with Gasteiger partial charge in [-0.05, 0) is 20.8 Å². The largest absolute Gasteiger partial charge is 0.444 e. The average molecular weight is 280 g/mol. The van der Waals surface area contributed by atoms with Crippen LogP contribution < -0.4 is 10.6 Å². The minimum atomic E-state index is -0.626. The molecular formula is C12H16N4O4. The number of nitrogens with zero attached hydrogens (tertiary/aromatic N) is 2. The van der Waals surface area contributed by atoms with Gasteiger partial charge in [0.1, 0.15) is 11.7 Å². The first-order chi connectivity index (χ1) is 9.33. The Morgan fingerprint density at radius 3 is 2.60 bits per heavy atom. The van der Waals surface area contributed by atoms with Crippen LogP contribution in [-0.2, 0) is 9.47 Å². The summed E-state index contributed by atoms with van der Waals surface area (Å²) in [6.45, 7) is 5.66. The highest BCUT2D eigenvalue weighted by molar-refractivity contribution is 5.82. The molecule has 1 aliphatic rings. The third-order valence-electron chi connectivity index (χ3n) is 2.34. The summed E-state index contributed by atoms with van der Waals surface area (Å²) in [6, 6.07) is 0. The Labute approximate surface area is 115 Å². The monoisotopic (exact) mass is 280 g/mol. The Morgan fingerprint density at radius 2 is 2.10 bits per heavy atom. The SMILES string of the molecule is CC(C)(C)OC(=O)Nc1ncc(C2CNC(=O)O2)cn1. The zero-order valence-corrected chi connectivity index (χ0v) is 11.5. The number of anilines is 1. The van der Waals surface area contributed by atoms with E-state index in [-0.39, 0.29) is 5.95 Å². The Kier molecular flexibility index (Phi) is 3.73. The number of nitrogens with one attached hydrogen (secondary N) is 2. The molecule has 2 heterocycles. The van der Waals surface area contributed by atoms with Crippen LogP contribution in [-0.4, -0.2) is 34.3 Å². The van der Waals surface area contributed by atoms with E-state index in [1.165, 1.54) is 12.4 Å². The van der Waals surface area contributed by atoms with Crippen LogP contribution in [0, 0.1) is 0 Å². The number of rotatable bonds is 2. The van der Waals surface area contributed by atoms with Crippen molar-refractivity contribution in [3.63, 3.8) is 0 Å². The van der Waals surface area contributed by atoms with Gasteiger partial charge < -0.3 is 14.8 Å². The maximum atomic E-state index is 11.5. The number of carbonyl (C=O) groups excluding carboxylic acids is 2. The van der Waals surface area contributed by atoms with Crippen molar-refractivity contribution < 1.29 is 19.1 Å². The molecule has 1 fully saturated rings. The van der Waals surface area contributed by atoms with Gasteiger partial charge in [0.2, 0.25) is 5.95 Å². The molecule has 1 atom stereocenters. The van der Waals surface area contributed by atoms with Crippen molar-refractivity contribution in [1.29, 1.82) is 0 Å². The predicted octanol–water partition coefficient (Wildman–Crippen LogP) is 1.60.